The highest BCUT2D eigenvalue weighted by molar-refractivity contribution is 6.31. The van der Waals surface area contributed by atoms with Gasteiger partial charge in [0.15, 0.2) is 0 Å². The van der Waals surface area contributed by atoms with Crippen LogP contribution in [0.5, 0.6) is 0 Å². The number of hydrogen-bond donors (Lipinski definition) is 6. The number of hydrogen-bond acceptors (Lipinski definition) is 12. The van der Waals surface area contributed by atoms with Crippen molar-refractivity contribution in [1.29, 1.82) is 0 Å². The van der Waals surface area contributed by atoms with Gasteiger partial charge in [-0.05, 0) is 146 Å². The van der Waals surface area contributed by atoms with Crippen LogP contribution in [0.25, 0.3) is 0 Å². The number of amides is 1. The lowest BCUT2D eigenvalue weighted by atomic mass is 9.73. The zero-order valence-electron chi connectivity index (χ0n) is 56.0. The van der Waals surface area contributed by atoms with E-state index in [1.807, 2.05) is 18.5 Å². The highest BCUT2D eigenvalue weighted by atomic mass is 35.5. The fourth-order valence-electron chi connectivity index (χ4n) is 16.1. The number of carbonyl (C=O) groups excluding carboxylic acids is 1. The van der Waals surface area contributed by atoms with E-state index in [0.717, 1.165) is 121 Å². The number of benzene rings is 1. The molecule has 1 aromatic carbocycles. The van der Waals surface area contributed by atoms with Crippen LogP contribution < -0.4 is 31.9 Å². The molecule has 4 unspecified atom stereocenters. The lowest BCUT2D eigenvalue weighted by Gasteiger charge is -2.60. The molecule has 8 rings (SSSR count). The second-order valence-electron chi connectivity index (χ2n) is 28.7. The van der Waals surface area contributed by atoms with Crippen LogP contribution in [0.4, 0.5) is 13.2 Å². The molecule has 4 heterocycles. The summed E-state index contributed by atoms with van der Waals surface area (Å²) in [5.41, 5.74) is 3.48. The first kappa shape index (κ1) is 70.2. The highest BCUT2D eigenvalue weighted by Crippen LogP contribution is 2.44. The van der Waals surface area contributed by atoms with E-state index >= 15 is 0 Å². The number of allylic oxidation sites excluding steroid dienone is 4. The van der Waals surface area contributed by atoms with Gasteiger partial charge in [-0.15, -0.1) is 0 Å². The SMILES string of the molecule is CC[C@H](C)[C@H]1CN[C@@H](CC(C)C)C(C)NCC2[C@@H](C(=O)N3CCC3)C(C)N2[C@@H](C2CCCC2)C(C)NC2(CCCC2)CNCCN=CC=C(CCc2ccc(C(F)(F)F)c(Cl)c2)NC=CN(C)C=C(CC2CCCCC2)N(C)C=C2CCCN2[C@@H](C)CN1. The zero-order chi connectivity index (χ0) is 63.0. The van der Waals surface area contributed by atoms with Crippen molar-refractivity contribution in [2.24, 2.45) is 34.6 Å². The van der Waals surface area contributed by atoms with Gasteiger partial charge in [0, 0.05) is 168 Å². The molecule has 496 valence electrons. The van der Waals surface area contributed by atoms with Crippen molar-refractivity contribution in [3.63, 3.8) is 0 Å². The van der Waals surface area contributed by atoms with Crippen LogP contribution in [0.1, 0.15) is 195 Å². The van der Waals surface area contributed by atoms with Crippen molar-refractivity contribution in [2.45, 2.75) is 250 Å². The van der Waals surface area contributed by atoms with Crippen LogP contribution >= 0.6 is 11.6 Å². The van der Waals surface area contributed by atoms with Crippen molar-refractivity contribution in [3.8, 4) is 0 Å². The van der Waals surface area contributed by atoms with Gasteiger partial charge in [-0.1, -0.05) is 110 Å². The Morgan fingerprint density at radius 3 is 2.26 bits per heavy atom. The maximum absolute atomic E-state index is 14.6. The third-order valence-electron chi connectivity index (χ3n) is 21.6. The van der Waals surface area contributed by atoms with E-state index in [4.69, 9.17) is 16.6 Å². The molecule has 1 spiro atoms. The summed E-state index contributed by atoms with van der Waals surface area (Å²) < 4.78 is 41.0. The average Bonchev–Trinajstić information content (AvgIpc) is 0.847. The normalized spacial score (nSPS) is 30.2. The van der Waals surface area contributed by atoms with Crippen molar-refractivity contribution < 1.29 is 18.0 Å². The Bertz CT molecular complexity index is 2460. The van der Waals surface area contributed by atoms with E-state index in [1.54, 1.807) is 0 Å². The van der Waals surface area contributed by atoms with E-state index < -0.39 is 11.7 Å². The molecule has 3 saturated heterocycles. The number of carbonyl (C=O) groups is 1. The molecule has 10 atom stereocenters. The predicted octanol–water partition coefficient (Wildman–Crippen LogP) is 12.7. The minimum absolute atomic E-state index is 0.0162. The quantitative estimate of drug-likeness (QED) is 0.127. The molecular formula is C71H118ClF3N12O. The van der Waals surface area contributed by atoms with Crippen LogP contribution in [0.2, 0.25) is 5.02 Å². The van der Waals surface area contributed by atoms with Crippen LogP contribution in [-0.4, -0.2) is 163 Å². The minimum Gasteiger partial charge on any atom is -0.370 e. The van der Waals surface area contributed by atoms with Gasteiger partial charge in [0.25, 0.3) is 0 Å². The number of likely N-dealkylation sites (tertiary alicyclic amines) is 1. The minimum atomic E-state index is -4.51. The molecule has 1 aromatic rings. The fourth-order valence-corrected chi connectivity index (χ4v) is 16.4. The molecule has 0 aromatic heterocycles. The largest absolute Gasteiger partial charge is 0.417 e. The summed E-state index contributed by atoms with van der Waals surface area (Å²) in [5, 5.41) is 23.9. The molecule has 6 fully saturated rings. The number of fused-ring (bicyclic) bond motifs is 2. The van der Waals surface area contributed by atoms with Crippen molar-refractivity contribution in [2.75, 3.05) is 73.0 Å². The first-order valence-corrected chi connectivity index (χ1v) is 35.5. The van der Waals surface area contributed by atoms with Crippen LogP contribution in [0.15, 0.2) is 71.2 Å². The van der Waals surface area contributed by atoms with Gasteiger partial charge >= 0.3 is 6.18 Å². The molecule has 88 heavy (non-hydrogen) atoms. The molecular weight excluding hydrogens is 1130 g/mol. The lowest BCUT2D eigenvalue weighted by Crippen LogP contribution is -2.76. The average molecular weight is 1250 g/mol. The summed E-state index contributed by atoms with van der Waals surface area (Å²) in [6, 6.07) is 6.07. The molecule has 7 aliphatic rings. The topological polar surface area (TPSA) is 118 Å². The van der Waals surface area contributed by atoms with Crippen LogP contribution in [0.3, 0.4) is 0 Å². The molecule has 3 saturated carbocycles. The zero-order valence-corrected chi connectivity index (χ0v) is 56.8. The van der Waals surface area contributed by atoms with E-state index in [-0.39, 0.29) is 46.7 Å². The van der Waals surface area contributed by atoms with E-state index in [9.17, 15) is 18.0 Å². The number of halogens is 4. The lowest BCUT2D eigenvalue weighted by molar-refractivity contribution is -0.165. The van der Waals surface area contributed by atoms with E-state index in [1.165, 1.54) is 94.2 Å². The molecule has 4 aliphatic heterocycles. The van der Waals surface area contributed by atoms with E-state index in [2.05, 4.69) is 144 Å². The van der Waals surface area contributed by atoms with Gasteiger partial charge < -0.3 is 51.5 Å². The molecule has 3 aliphatic carbocycles. The summed E-state index contributed by atoms with van der Waals surface area (Å²) in [6.07, 6.45) is 31.7. The molecule has 17 heteroatoms. The summed E-state index contributed by atoms with van der Waals surface area (Å²) in [6.45, 7) is 26.7. The van der Waals surface area contributed by atoms with Gasteiger partial charge in [0.1, 0.15) is 0 Å². The third-order valence-corrected chi connectivity index (χ3v) is 21.9. The maximum atomic E-state index is 14.6. The highest BCUT2D eigenvalue weighted by Gasteiger charge is 2.56. The summed E-state index contributed by atoms with van der Waals surface area (Å²) in [7, 11) is 4.32. The Hall–Kier alpha value is -3.64. The predicted molar refractivity (Wildman–Crippen MR) is 359 cm³/mol. The Morgan fingerprint density at radius 1 is 0.841 bits per heavy atom. The Balaban J connectivity index is 1.07. The van der Waals surface area contributed by atoms with Gasteiger partial charge in [-0.3, -0.25) is 14.7 Å². The smallest absolute Gasteiger partial charge is 0.370 e. The second-order valence-corrected chi connectivity index (χ2v) is 29.1. The summed E-state index contributed by atoms with van der Waals surface area (Å²) >= 11 is 6.20. The number of rotatable bonds is 11. The van der Waals surface area contributed by atoms with Gasteiger partial charge in [0.2, 0.25) is 5.91 Å². The standard InChI is InChI=1S/C71H118ClF3N12O/c1-11-51(4)65-45-81-64(41-50(2)3)53(6)79-46-66-67(69(88)85-37-20-38-85)55(8)87(66)68(58-23-15-16-24-58)54(7)82-70(31-17-18-32-70)49-77-35-34-76-33-30-59(28-26-57-27-29-62(63(72)43-57)71(73,74)75)78-36-40-83(9)47-61(42-56-21-13-12-14-22-56)84(10)48-60-25-19-39-86(60)52(5)44-80-65/h27,29-30,33,36,40,43,47-48,50-56,58,64-68,77-82H,11-26,28,31-32,34-35,37-39,41-42,44-46,49H2,1-10H3/t51-,52-,53?,54?,55?,64-,65+,66?,67-,68+/m0/s1. The Labute approximate surface area is 535 Å². The Morgan fingerprint density at radius 2 is 1.58 bits per heavy atom. The fraction of sp³-hybridized carbons (Fsp3) is 0.775. The van der Waals surface area contributed by atoms with Gasteiger partial charge in [0.05, 0.1) is 23.0 Å². The molecule has 13 nitrogen and oxygen atoms in total. The van der Waals surface area contributed by atoms with Crippen LogP contribution in [0, 0.1) is 29.6 Å². The first-order valence-electron chi connectivity index (χ1n) is 35.1. The molecule has 0 bridgehead atoms. The second kappa shape index (κ2) is 33.8. The number of aryl methyl sites for hydroxylation is 1. The monoisotopic (exact) mass is 1250 g/mol. The molecule has 1 amide bonds. The van der Waals surface area contributed by atoms with Crippen molar-refractivity contribution >= 4 is 23.7 Å². The maximum Gasteiger partial charge on any atom is 0.417 e. The third kappa shape index (κ3) is 19.5. The number of nitrogens with one attached hydrogen (secondary N) is 6. The molecule has 6 N–H and O–H groups in total. The van der Waals surface area contributed by atoms with Gasteiger partial charge in [-0.2, -0.15) is 13.2 Å². The Kier molecular flexibility index (Phi) is 27.0. The first-order chi connectivity index (χ1) is 42.2. The number of alkyl halides is 3. The summed E-state index contributed by atoms with van der Waals surface area (Å²) in [5.74, 6) is 2.60. The van der Waals surface area contributed by atoms with Crippen LogP contribution in [-0.2, 0) is 17.4 Å². The molecule has 0 radical (unpaired) electrons. The van der Waals surface area contributed by atoms with E-state index in [0.29, 0.717) is 67.1 Å². The number of aliphatic imine (C=N–C) groups is 1. The van der Waals surface area contributed by atoms with Crippen molar-refractivity contribution in [1.82, 2.24) is 56.4 Å². The van der Waals surface area contributed by atoms with Gasteiger partial charge in [-0.25, -0.2) is 0 Å². The summed E-state index contributed by atoms with van der Waals surface area (Å²) in [4.78, 5) is 31.6. The van der Waals surface area contributed by atoms with Crippen molar-refractivity contribution in [3.05, 3.63) is 82.3 Å². The number of nitrogens with zero attached hydrogens (tertiary/aromatic N) is 6.